The van der Waals surface area contributed by atoms with Crippen molar-refractivity contribution in [1.29, 1.82) is 0 Å². The highest BCUT2D eigenvalue weighted by molar-refractivity contribution is 7.89. The smallest absolute Gasteiger partial charge is 0.243 e. The molecule has 0 bridgehead atoms. The Hall–Kier alpha value is -0.430. The minimum Gasteiger partial charge on any atom is -0.391 e. The Morgan fingerprint density at radius 3 is 2.50 bits per heavy atom. The molecule has 1 aliphatic rings. The Kier molecular flexibility index (Phi) is 3.82. The van der Waals surface area contributed by atoms with Gasteiger partial charge in [-0.05, 0) is 24.3 Å². The first-order valence-corrected chi connectivity index (χ1v) is 8.35. The van der Waals surface area contributed by atoms with Gasteiger partial charge in [0.25, 0.3) is 0 Å². The van der Waals surface area contributed by atoms with Crippen LogP contribution in [-0.2, 0) is 16.6 Å². The van der Waals surface area contributed by atoms with Crippen LogP contribution in [0.3, 0.4) is 0 Å². The van der Waals surface area contributed by atoms with Crippen LogP contribution in [0.2, 0.25) is 0 Å². The van der Waals surface area contributed by atoms with E-state index in [1.807, 2.05) is 0 Å². The number of rotatable bonds is 3. The standard InChI is InChI=1S/C12H19NO3S2/c1-12(2)3-5-13(6-4-12)18(15,16)11-7-10(8-14)17-9-11/h7,9,14H,3-6,8H2,1-2H3. The molecule has 1 aliphatic heterocycles. The third kappa shape index (κ3) is 2.77. The Balaban J connectivity index is 2.17. The van der Waals surface area contributed by atoms with Crippen LogP contribution in [0.1, 0.15) is 31.6 Å². The predicted octanol–water partition coefficient (Wildman–Crippen LogP) is 2.05. The van der Waals surface area contributed by atoms with Crippen LogP contribution in [0.5, 0.6) is 0 Å². The normalized spacial score (nSPS) is 21.1. The number of piperidine rings is 1. The van der Waals surface area contributed by atoms with Gasteiger partial charge in [0, 0.05) is 23.3 Å². The van der Waals surface area contributed by atoms with Crippen molar-refractivity contribution in [2.45, 2.75) is 38.2 Å². The molecular weight excluding hydrogens is 270 g/mol. The second-order valence-electron chi connectivity index (χ2n) is 5.48. The molecule has 102 valence electrons. The van der Waals surface area contributed by atoms with Crippen molar-refractivity contribution in [3.63, 3.8) is 0 Å². The summed E-state index contributed by atoms with van der Waals surface area (Å²) in [6.45, 7) is 5.41. The second-order valence-corrected chi connectivity index (χ2v) is 8.41. The van der Waals surface area contributed by atoms with E-state index in [-0.39, 0.29) is 12.0 Å². The SMILES string of the molecule is CC1(C)CCN(S(=O)(=O)c2csc(CO)c2)CC1. The molecule has 2 rings (SSSR count). The highest BCUT2D eigenvalue weighted by atomic mass is 32.2. The minimum atomic E-state index is -3.37. The zero-order chi connectivity index (χ0) is 13.4. The van der Waals surface area contributed by atoms with E-state index in [4.69, 9.17) is 5.11 Å². The highest BCUT2D eigenvalue weighted by Crippen LogP contribution is 2.33. The predicted molar refractivity (Wildman–Crippen MR) is 72.0 cm³/mol. The molecule has 1 saturated heterocycles. The number of thiophene rings is 1. The molecule has 0 unspecified atom stereocenters. The first-order valence-electron chi connectivity index (χ1n) is 6.04. The van der Waals surface area contributed by atoms with E-state index in [1.165, 1.54) is 11.3 Å². The monoisotopic (exact) mass is 289 g/mol. The molecule has 0 radical (unpaired) electrons. The van der Waals surface area contributed by atoms with Gasteiger partial charge in [-0.25, -0.2) is 8.42 Å². The van der Waals surface area contributed by atoms with Crippen LogP contribution in [0.15, 0.2) is 16.3 Å². The first kappa shape index (κ1) is 14.0. The molecule has 1 aromatic heterocycles. The maximum atomic E-state index is 12.4. The van der Waals surface area contributed by atoms with Gasteiger partial charge in [-0.15, -0.1) is 11.3 Å². The number of sulfonamides is 1. The average Bonchev–Trinajstić information content (AvgIpc) is 2.77. The summed E-state index contributed by atoms with van der Waals surface area (Å²) >= 11 is 1.28. The van der Waals surface area contributed by atoms with Gasteiger partial charge in [0.1, 0.15) is 0 Å². The molecule has 2 heterocycles. The molecule has 1 fully saturated rings. The maximum absolute atomic E-state index is 12.4. The lowest BCUT2D eigenvalue weighted by molar-refractivity contribution is 0.196. The molecule has 18 heavy (non-hydrogen) atoms. The molecule has 6 heteroatoms. The lowest BCUT2D eigenvalue weighted by Gasteiger charge is -2.35. The summed E-state index contributed by atoms with van der Waals surface area (Å²) in [6, 6.07) is 1.57. The Bertz CT molecular complexity index is 509. The van der Waals surface area contributed by atoms with Crippen LogP contribution in [0.25, 0.3) is 0 Å². The molecule has 0 aliphatic carbocycles. The Morgan fingerprint density at radius 2 is 2.00 bits per heavy atom. The summed E-state index contributed by atoms with van der Waals surface area (Å²) in [7, 11) is -3.37. The quantitative estimate of drug-likeness (QED) is 0.926. The van der Waals surface area contributed by atoms with Gasteiger partial charge < -0.3 is 5.11 Å². The zero-order valence-corrected chi connectivity index (χ0v) is 12.4. The van der Waals surface area contributed by atoms with Gasteiger partial charge in [0.05, 0.1) is 11.5 Å². The lowest BCUT2D eigenvalue weighted by Crippen LogP contribution is -2.40. The Morgan fingerprint density at radius 1 is 1.39 bits per heavy atom. The summed E-state index contributed by atoms with van der Waals surface area (Å²) in [5.41, 5.74) is 0.233. The van der Waals surface area contributed by atoms with Crippen molar-refractivity contribution in [3.05, 3.63) is 16.3 Å². The van der Waals surface area contributed by atoms with E-state index in [0.717, 1.165) is 12.8 Å². The summed E-state index contributed by atoms with van der Waals surface area (Å²) in [6.07, 6.45) is 1.78. The first-order chi connectivity index (χ1) is 8.35. The fraction of sp³-hybridized carbons (Fsp3) is 0.667. The number of hydrogen-bond acceptors (Lipinski definition) is 4. The van der Waals surface area contributed by atoms with Crippen LogP contribution in [0.4, 0.5) is 0 Å². The minimum absolute atomic E-state index is 0.104. The fourth-order valence-electron chi connectivity index (χ4n) is 2.06. The van der Waals surface area contributed by atoms with Crippen molar-refractivity contribution in [2.75, 3.05) is 13.1 Å². The maximum Gasteiger partial charge on any atom is 0.243 e. The van der Waals surface area contributed by atoms with Gasteiger partial charge in [-0.3, -0.25) is 0 Å². The molecule has 0 aromatic carbocycles. The van der Waals surface area contributed by atoms with E-state index >= 15 is 0 Å². The Labute approximate surface area is 112 Å². The van der Waals surface area contributed by atoms with Crippen LogP contribution in [-0.4, -0.2) is 30.9 Å². The highest BCUT2D eigenvalue weighted by Gasteiger charge is 2.33. The van der Waals surface area contributed by atoms with Crippen molar-refractivity contribution in [1.82, 2.24) is 4.31 Å². The third-order valence-corrected chi connectivity index (χ3v) is 6.45. The van der Waals surface area contributed by atoms with E-state index < -0.39 is 10.0 Å². The van der Waals surface area contributed by atoms with Crippen molar-refractivity contribution >= 4 is 21.4 Å². The number of nitrogens with zero attached hydrogens (tertiary/aromatic N) is 1. The second kappa shape index (κ2) is 4.92. The van der Waals surface area contributed by atoms with E-state index in [9.17, 15) is 8.42 Å². The molecule has 0 spiro atoms. The summed E-state index contributed by atoms with van der Waals surface area (Å²) in [5.74, 6) is 0. The summed E-state index contributed by atoms with van der Waals surface area (Å²) < 4.78 is 26.3. The third-order valence-electron chi connectivity index (χ3n) is 3.50. The topological polar surface area (TPSA) is 57.6 Å². The zero-order valence-electron chi connectivity index (χ0n) is 10.7. The van der Waals surface area contributed by atoms with Gasteiger partial charge in [0.2, 0.25) is 10.0 Å². The van der Waals surface area contributed by atoms with E-state index in [1.54, 1.807) is 15.8 Å². The molecule has 1 N–H and O–H groups in total. The molecule has 4 nitrogen and oxygen atoms in total. The molecule has 0 atom stereocenters. The van der Waals surface area contributed by atoms with Gasteiger partial charge in [-0.1, -0.05) is 13.8 Å². The van der Waals surface area contributed by atoms with E-state index in [0.29, 0.717) is 22.9 Å². The average molecular weight is 289 g/mol. The molecule has 0 saturated carbocycles. The molecule has 0 amide bonds. The van der Waals surface area contributed by atoms with Crippen molar-refractivity contribution in [2.24, 2.45) is 5.41 Å². The number of aliphatic hydroxyl groups is 1. The molecular formula is C12H19NO3S2. The molecule has 1 aromatic rings. The number of aliphatic hydroxyl groups excluding tert-OH is 1. The van der Waals surface area contributed by atoms with Gasteiger partial charge in [-0.2, -0.15) is 4.31 Å². The van der Waals surface area contributed by atoms with Crippen molar-refractivity contribution < 1.29 is 13.5 Å². The summed E-state index contributed by atoms with van der Waals surface area (Å²) in [4.78, 5) is 1.00. The van der Waals surface area contributed by atoms with E-state index in [2.05, 4.69) is 13.8 Å². The van der Waals surface area contributed by atoms with Crippen molar-refractivity contribution in [3.8, 4) is 0 Å². The van der Waals surface area contributed by atoms with Crippen LogP contribution < -0.4 is 0 Å². The van der Waals surface area contributed by atoms with Gasteiger partial charge >= 0.3 is 0 Å². The van der Waals surface area contributed by atoms with Crippen LogP contribution in [0, 0.1) is 5.41 Å². The van der Waals surface area contributed by atoms with Gasteiger partial charge in [0.15, 0.2) is 0 Å². The largest absolute Gasteiger partial charge is 0.391 e. The lowest BCUT2D eigenvalue weighted by atomic mass is 9.83. The van der Waals surface area contributed by atoms with Crippen LogP contribution >= 0.6 is 11.3 Å². The summed E-state index contributed by atoms with van der Waals surface area (Å²) in [5, 5.41) is 10.6. The fourth-order valence-corrected chi connectivity index (χ4v) is 4.62. The number of hydrogen-bond donors (Lipinski definition) is 1.